The van der Waals surface area contributed by atoms with Crippen LogP contribution in [-0.2, 0) is 11.3 Å². The minimum Gasteiger partial charge on any atom is -0.493 e. The maximum Gasteiger partial charge on any atom is 0.225 e. The van der Waals surface area contributed by atoms with Gasteiger partial charge in [-0.25, -0.2) is 0 Å². The first kappa shape index (κ1) is 21.8. The zero-order valence-electron chi connectivity index (χ0n) is 16.8. The zero-order chi connectivity index (χ0) is 18.5. The summed E-state index contributed by atoms with van der Waals surface area (Å²) in [7, 11) is 3.32. The van der Waals surface area contributed by atoms with Gasteiger partial charge in [-0.1, -0.05) is 13.0 Å². The number of piperidine rings is 2. The molecule has 2 aliphatic rings. The Morgan fingerprint density at radius 1 is 1.07 bits per heavy atom. The third kappa shape index (κ3) is 5.52. The summed E-state index contributed by atoms with van der Waals surface area (Å²) in [4.78, 5) is 17.3. The van der Waals surface area contributed by atoms with Gasteiger partial charge in [0.25, 0.3) is 0 Å². The molecule has 1 unspecified atom stereocenters. The highest BCUT2D eigenvalue weighted by Gasteiger charge is 2.30. The molecule has 0 aliphatic carbocycles. The number of methoxy groups -OCH3 is 2. The summed E-state index contributed by atoms with van der Waals surface area (Å²) in [5.74, 6) is 2.78. The monoisotopic (exact) mass is 396 g/mol. The number of hydrogen-bond donors (Lipinski definition) is 0. The molecule has 6 heteroatoms. The van der Waals surface area contributed by atoms with E-state index >= 15 is 0 Å². The molecule has 2 fully saturated rings. The molecule has 0 N–H and O–H groups in total. The number of benzene rings is 1. The number of halogens is 1. The molecule has 1 aromatic carbocycles. The van der Waals surface area contributed by atoms with E-state index in [-0.39, 0.29) is 18.3 Å². The van der Waals surface area contributed by atoms with E-state index in [1.807, 2.05) is 12.1 Å². The van der Waals surface area contributed by atoms with Crippen molar-refractivity contribution < 1.29 is 14.3 Å². The van der Waals surface area contributed by atoms with E-state index in [0.717, 1.165) is 63.5 Å². The Kier molecular flexibility index (Phi) is 8.24. The van der Waals surface area contributed by atoms with Gasteiger partial charge in [-0.2, -0.15) is 0 Å². The predicted molar refractivity (Wildman–Crippen MR) is 110 cm³/mol. The molecule has 0 spiro atoms. The van der Waals surface area contributed by atoms with Crippen LogP contribution in [0.1, 0.15) is 38.2 Å². The van der Waals surface area contributed by atoms with Gasteiger partial charge in [-0.05, 0) is 62.4 Å². The second-order valence-corrected chi connectivity index (χ2v) is 7.77. The van der Waals surface area contributed by atoms with Crippen LogP contribution in [0.5, 0.6) is 11.5 Å². The second-order valence-electron chi connectivity index (χ2n) is 7.77. The van der Waals surface area contributed by atoms with E-state index in [9.17, 15) is 4.79 Å². The molecular weight excluding hydrogens is 364 g/mol. The van der Waals surface area contributed by atoms with Gasteiger partial charge in [0.05, 0.1) is 14.2 Å². The number of likely N-dealkylation sites (tertiary alicyclic amines) is 2. The normalized spacial score (nSPS) is 21.4. The van der Waals surface area contributed by atoms with Gasteiger partial charge in [-0.15, -0.1) is 12.4 Å². The van der Waals surface area contributed by atoms with Crippen molar-refractivity contribution in [3.05, 3.63) is 23.8 Å². The fourth-order valence-corrected chi connectivity index (χ4v) is 4.22. The van der Waals surface area contributed by atoms with Gasteiger partial charge < -0.3 is 14.4 Å². The standard InChI is InChI=1S/C21H32N2O3.ClH/c1-16-5-4-10-23(14-16)21(24)18-8-11-22(12-9-18)15-17-6-7-19(25-2)20(13-17)26-3;/h6-7,13,16,18H,4-5,8-12,14-15H2,1-3H3;1H. The van der Waals surface area contributed by atoms with E-state index in [1.165, 1.54) is 12.0 Å². The van der Waals surface area contributed by atoms with Crippen molar-refractivity contribution in [2.75, 3.05) is 40.4 Å². The van der Waals surface area contributed by atoms with Crippen LogP contribution in [0.2, 0.25) is 0 Å². The van der Waals surface area contributed by atoms with Crippen molar-refractivity contribution in [2.45, 2.75) is 39.2 Å². The van der Waals surface area contributed by atoms with Crippen LogP contribution < -0.4 is 9.47 Å². The fourth-order valence-electron chi connectivity index (χ4n) is 4.22. The Balaban J connectivity index is 0.00000261. The average Bonchev–Trinajstić information content (AvgIpc) is 2.68. The molecular formula is C21H33ClN2O3. The van der Waals surface area contributed by atoms with Gasteiger partial charge in [0.15, 0.2) is 11.5 Å². The van der Waals surface area contributed by atoms with Gasteiger partial charge in [-0.3, -0.25) is 9.69 Å². The third-order valence-corrected chi connectivity index (χ3v) is 5.76. The molecule has 2 heterocycles. The Bertz CT molecular complexity index is 617. The summed E-state index contributed by atoms with van der Waals surface area (Å²) in [6.45, 7) is 7.01. The average molecular weight is 397 g/mol. The van der Waals surface area contributed by atoms with Crippen molar-refractivity contribution in [2.24, 2.45) is 11.8 Å². The molecule has 1 amide bonds. The molecule has 0 aromatic heterocycles. The highest BCUT2D eigenvalue weighted by atomic mass is 35.5. The summed E-state index contributed by atoms with van der Waals surface area (Å²) < 4.78 is 10.7. The molecule has 0 saturated carbocycles. The lowest BCUT2D eigenvalue weighted by molar-refractivity contribution is -0.138. The van der Waals surface area contributed by atoms with Crippen LogP contribution in [0.15, 0.2) is 18.2 Å². The van der Waals surface area contributed by atoms with E-state index in [0.29, 0.717) is 11.8 Å². The van der Waals surface area contributed by atoms with E-state index in [1.54, 1.807) is 14.2 Å². The molecule has 2 saturated heterocycles. The van der Waals surface area contributed by atoms with Crippen molar-refractivity contribution >= 4 is 18.3 Å². The first-order valence-electron chi connectivity index (χ1n) is 9.82. The first-order chi connectivity index (χ1) is 12.6. The highest BCUT2D eigenvalue weighted by Crippen LogP contribution is 2.29. The summed E-state index contributed by atoms with van der Waals surface area (Å²) >= 11 is 0. The number of rotatable bonds is 5. The van der Waals surface area contributed by atoms with Crippen LogP contribution in [0.25, 0.3) is 0 Å². The predicted octanol–water partition coefficient (Wildman–Crippen LogP) is 3.60. The van der Waals surface area contributed by atoms with E-state index in [2.05, 4.69) is 22.8 Å². The van der Waals surface area contributed by atoms with E-state index < -0.39 is 0 Å². The third-order valence-electron chi connectivity index (χ3n) is 5.76. The summed E-state index contributed by atoms with van der Waals surface area (Å²) in [5, 5.41) is 0. The molecule has 3 rings (SSSR count). The van der Waals surface area contributed by atoms with Gasteiger partial charge in [0, 0.05) is 25.6 Å². The molecule has 0 bridgehead atoms. The Labute approximate surface area is 169 Å². The Morgan fingerprint density at radius 2 is 1.78 bits per heavy atom. The Morgan fingerprint density at radius 3 is 2.41 bits per heavy atom. The van der Waals surface area contributed by atoms with Crippen LogP contribution in [0, 0.1) is 11.8 Å². The SMILES string of the molecule is COc1ccc(CN2CCC(C(=O)N3CCCC(C)C3)CC2)cc1OC.Cl. The maximum atomic E-state index is 12.8. The molecule has 27 heavy (non-hydrogen) atoms. The van der Waals surface area contributed by atoms with Crippen molar-refractivity contribution in [1.29, 1.82) is 0 Å². The molecule has 1 aromatic rings. The van der Waals surface area contributed by atoms with Crippen LogP contribution in [0.4, 0.5) is 0 Å². The van der Waals surface area contributed by atoms with Gasteiger partial charge in [0.2, 0.25) is 5.91 Å². The number of amides is 1. The fraction of sp³-hybridized carbons (Fsp3) is 0.667. The lowest BCUT2D eigenvalue weighted by Crippen LogP contribution is -2.45. The number of nitrogens with zero attached hydrogens (tertiary/aromatic N) is 2. The van der Waals surface area contributed by atoms with Crippen molar-refractivity contribution in [1.82, 2.24) is 9.80 Å². The topological polar surface area (TPSA) is 42.0 Å². The quantitative estimate of drug-likeness (QED) is 0.762. The molecule has 1 atom stereocenters. The summed E-state index contributed by atoms with van der Waals surface area (Å²) in [5.41, 5.74) is 1.22. The molecule has 5 nitrogen and oxygen atoms in total. The summed E-state index contributed by atoms with van der Waals surface area (Å²) in [6.07, 6.45) is 4.35. The van der Waals surface area contributed by atoms with Crippen molar-refractivity contribution in [3.8, 4) is 11.5 Å². The van der Waals surface area contributed by atoms with Gasteiger partial charge >= 0.3 is 0 Å². The van der Waals surface area contributed by atoms with E-state index in [4.69, 9.17) is 9.47 Å². The zero-order valence-corrected chi connectivity index (χ0v) is 17.6. The number of ether oxygens (including phenoxy) is 2. The lowest BCUT2D eigenvalue weighted by atomic mass is 9.92. The second kappa shape index (κ2) is 10.2. The smallest absolute Gasteiger partial charge is 0.225 e. The summed E-state index contributed by atoms with van der Waals surface area (Å²) in [6, 6.07) is 6.10. The number of hydrogen-bond acceptors (Lipinski definition) is 4. The number of carbonyl (C=O) groups is 1. The van der Waals surface area contributed by atoms with Gasteiger partial charge in [0.1, 0.15) is 0 Å². The van der Waals surface area contributed by atoms with Crippen LogP contribution in [-0.4, -0.2) is 56.1 Å². The largest absolute Gasteiger partial charge is 0.493 e. The first-order valence-corrected chi connectivity index (χ1v) is 9.82. The number of carbonyl (C=O) groups excluding carboxylic acids is 1. The molecule has 2 aliphatic heterocycles. The van der Waals surface area contributed by atoms with Crippen molar-refractivity contribution in [3.63, 3.8) is 0 Å². The lowest BCUT2D eigenvalue weighted by Gasteiger charge is -2.37. The van der Waals surface area contributed by atoms with Crippen LogP contribution >= 0.6 is 12.4 Å². The maximum absolute atomic E-state index is 12.8. The Hall–Kier alpha value is -1.46. The van der Waals surface area contributed by atoms with Crippen LogP contribution in [0.3, 0.4) is 0 Å². The molecule has 152 valence electrons. The minimum atomic E-state index is 0. The molecule has 0 radical (unpaired) electrons. The highest BCUT2D eigenvalue weighted by molar-refractivity contribution is 5.85. The minimum absolute atomic E-state index is 0.